The summed E-state index contributed by atoms with van der Waals surface area (Å²) in [6, 6.07) is 0. The van der Waals surface area contributed by atoms with Gasteiger partial charge in [0.05, 0.1) is 13.4 Å². The molecule has 0 amide bonds. The van der Waals surface area contributed by atoms with Crippen molar-refractivity contribution in [3.8, 4) is 0 Å². The van der Waals surface area contributed by atoms with Crippen LogP contribution in [0.5, 0.6) is 0 Å². The van der Waals surface area contributed by atoms with Gasteiger partial charge < -0.3 is 4.74 Å². The highest BCUT2D eigenvalue weighted by atomic mass is 16.5. The van der Waals surface area contributed by atoms with Crippen LogP contribution in [0.4, 0.5) is 0 Å². The van der Waals surface area contributed by atoms with Crippen LogP contribution in [0.1, 0.15) is 34.1 Å². The van der Waals surface area contributed by atoms with E-state index in [0.29, 0.717) is 5.41 Å². The van der Waals surface area contributed by atoms with E-state index in [4.69, 9.17) is 4.74 Å². The molecule has 0 saturated carbocycles. The van der Waals surface area contributed by atoms with Crippen LogP contribution in [0.2, 0.25) is 0 Å². The summed E-state index contributed by atoms with van der Waals surface area (Å²) in [6.45, 7) is 8.95. The average Bonchev–Trinajstić information content (AvgIpc) is 2.16. The molecule has 0 atom stereocenters. The van der Waals surface area contributed by atoms with Crippen molar-refractivity contribution >= 4 is 0 Å². The maximum absolute atomic E-state index is 5.04. The van der Waals surface area contributed by atoms with Crippen LogP contribution in [-0.4, -0.2) is 7.11 Å². The molecule has 68 valence electrons. The number of ether oxygens (including phenoxy) is 1. The fraction of sp³-hybridized carbons (Fsp3) is 0.636. The van der Waals surface area contributed by atoms with Gasteiger partial charge in [0.1, 0.15) is 0 Å². The Kier molecular flexibility index (Phi) is 2.31. The molecule has 1 aliphatic rings. The van der Waals surface area contributed by atoms with Crippen LogP contribution in [-0.2, 0) is 4.74 Å². The van der Waals surface area contributed by atoms with E-state index in [0.717, 1.165) is 6.42 Å². The quantitative estimate of drug-likeness (QED) is 0.543. The summed E-state index contributed by atoms with van der Waals surface area (Å²) in [6.07, 6.45) is 2.98. The van der Waals surface area contributed by atoms with E-state index in [2.05, 4.69) is 27.7 Å². The van der Waals surface area contributed by atoms with Gasteiger partial charge >= 0.3 is 0 Å². The third-order valence-electron chi connectivity index (χ3n) is 2.95. The monoisotopic (exact) mass is 166 g/mol. The lowest BCUT2D eigenvalue weighted by Crippen LogP contribution is -2.07. The first kappa shape index (κ1) is 9.37. The lowest BCUT2D eigenvalue weighted by atomic mass is 9.86. The van der Waals surface area contributed by atoms with Gasteiger partial charge in [-0.3, -0.25) is 0 Å². The van der Waals surface area contributed by atoms with E-state index < -0.39 is 0 Å². The predicted octanol–water partition coefficient (Wildman–Crippen LogP) is 3.28. The fourth-order valence-corrected chi connectivity index (χ4v) is 1.76. The zero-order valence-electron chi connectivity index (χ0n) is 8.69. The molecule has 0 aliphatic heterocycles. The Balaban J connectivity index is 2.99. The number of rotatable bonds is 1. The van der Waals surface area contributed by atoms with Gasteiger partial charge in [-0.15, -0.1) is 0 Å². The van der Waals surface area contributed by atoms with E-state index in [-0.39, 0.29) is 0 Å². The summed E-state index contributed by atoms with van der Waals surface area (Å²) in [7, 11) is 1.71. The second-order valence-electron chi connectivity index (χ2n) is 4.19. The molecule has 0 aromatic rings. The minimum atomic E-state index is 0.328. The molecule has 1 heteroatoms. The molecule has 0 aromatic heterocycles. The maximum atomic E-state index is 5.04. The van der Waals surface area contributed by atoms with Gasteiger partial charge in [-0.1, -0.05) is 19.4 Å². The molecule has 0 spiro atoms. The second-order valence-corrected chi connectivity index (χ2v) is 4.19. The molecular weight excluding hydrogens is 148 g/mol. The van der Waals surface area contributed by atoms with Gasteiger partial charge in [0.25, 0.3) is 0 Å². The van der Waals surface area contributed by atoms with Crippen molar-refractivity contribution in [2.45, 2.75) is 34.1 Å². The summed E-state index contributed by atoms with van der Waals surface area (Å²) in [5, 5.41) is 0. The summed E-state index contributed by atoms with van der Waals surface area (Å²) in [4.78, 5) is 0. The molecule has 0 radical (unpaired) electrons. The molecule has 0 bridgehead atoms. The molecule has 0 fully saturated rings. The highest BCUT2D eigenvalue weighted by Crippen LogP contribution is 2.44. The minimum absolute atomic E-state index is 0.328. The smallest absolute Gasteiger partial charge is 0.0859 e. The lowest BCUT2D eigenvalue weighted by molar-refractivity contribution is 0.331. The molecular formula is C11H18O. The highest BCUT2D eigenvalue weighted by molar-refractivity contribution is 5.42. The maximum Gasteiger partial charge on any atom is 0.0859 e. The van der Waals surface area contributed by atoms with Gasteiger partial charge in [0.15, 0.2) is 0 Å². The van der Waals surface area contributed by atoms with Crippen molar-refractivity contribution in [1.29, 1.82) is 0 Å². The van der Waals surface area contributed by atoms with Gasteiger partial charge in [0, 0.05) is 0 Å². The van der Waals surface area contributed by atoms with Crippen molar-refractivity contribution < 1.29 is 4.74 Å². The Hall–Kier alpha value is -0.720. The molecule has 1 aliphatic carbocycles. The predicted molar refractivity (Wildman–Crippen MR) is 51.9 cm³/mol. The van der Waals surface area contributed by atoms with Crippen LogP contribution in [0.3, 0.4) is 0 Å². The molecule has 1 rings (SSSR count). The first-order chi connectivity index (χ1) is 5.49. The van der Waals surface area contributed by atoms with Crippen molar-refractivity contribution in [1.82, 2.24) is 0 Å². The summed E-state index contributed by atoms with van der Waals surface area (Å²) >= 11 is 0. The Morgan fingerprint density at radius 1 is 1.33 bits per heavy atom. The number of allylic oxidation sites excluding steroid dienone is 3. The summed E-state index contributed by atoms with van der Waals surface area (Å²) in [5.74, 6) is 0. The highest BCUT2D eigenvalue weighted by Gasteiger charge is 2.30. The Morgan fingerprint density at radius 2 is 1.92 bits per heavy atom. The van der Waals surface area contributed by atoms with Crippen LogP contribution in [0.15, 0.2) is 23.0 Å². The zero-order chi connectivity index (χ0) is 9.35. The number of hydrogen-bond acceptors (Lipinski definition) is 1. The topological polar surface area (TPSA) is 9.23 Å². The normalized spacial score (nSPS) is 25.2. The third kappa shape index (κ3) is 1.40. The van der Waals surface area contributed by atoms with Crippen LogP contribution in [0.25, 0.3) is 0 Å². The zero-order valence-corrected chi connectivity index (χ0v) is 8.69. The number of hydrogen-bond donors (Lipinski definition) is 0. The molecule has 0 saturated heterocycles. The van der Waals surface area contributed by atoms with E-state index in [1.165, 1.54) is 16.7 Å². The first-order valence-electron chi connectivity index (χ1n) is 4.39. The molecule has 0 aromatic carbocycles. The van der Waals surface area contributed by atoms with E-state index in [1.54, 1.807) is 7.11 Å². The second kappa shape index (κ2) is 2.96. The van der Waals surface area contributed by atoms with Crippen molar-refractivity contribution in [2.75, 3.05) is 7.11 Å². The Morgan fingerprint density at radius 3 is 2.25 bits per heavy atom. The minimum Gasteiger partial charge on any atom is -0.504 e. The van der Waals surface area contributed by atoms with Crippen molar-refractivity contribution in [3.63, 3.8) is 0 Å². The SMILES string of the molecule is CO/C=C1\CC(C)(C)C(C)=C1C. The molecule has 1 nitrogen and oxygen atoms in total. The summed E-state index contributed by atoms with van der Waals surface area (Å²) in [5.41, 5.74) is 4.57. The van der Waals surface area contributed by atoms with Gasteiger partial charge in [-0.2, -0.15) is 0 Å². The fourth-order valence-electron chi connectivity index (χ4n) is 1.76. The Bertz CT molecular complexity index is 244. The number of methoxy groups -OCH3 is 1. The molecule has 12 heavy (non-hydrogen) atoms. The van der Waals surface area contributed by atoms with Gasteiger partial charge in [-0.25, -0.2) is 0 Å². The van der Waals surface area contributed by atoms with Crippen LogP contribution < -0.4 is 0 Å². The Labute approximate surface area is 75.1 Å². The average molecular weight is 166 g/mol. The third-order valence-corrected chi connectivity index (χ3v) is 2.95. The van der Waals surface area contributed by atoms with E-state index >= 15 is 0 Å². The van der Waals surface area contributed by atoms with E-state index in [9.17, 15) is 0 Å². The van der Waals surface area contributed by atoms with Gasteiger partial charge in [0.2, 0.25) is 0 Å². The van der Waals surface area contributed by atoms with E-state index in [1.807, 2.05) is 6.26 Å². The van der Waals surface area contributed by atoms with Crippen molar-refractivity contribution in [3.05, 3.63) is 23.0 Å². The van der Waals surface area contributed by atoms with Crippen molar-refractivity contribution in [2.24, 2.45) is 5.41 Å². The molecule has 0 heterocycles. The standard InChI is InChI=1S/C11H18O/c1-8-9(2)11(3,4)6-10(8)7-12-5/h7H,6H2,1-5H3/b10-7+. The largest absolute Gasteiger partial charge is 0.504 e. The molecule has 0 unspecified atom stereocenters. The van der Waals surface area contributed by atoms with Crippen LogP contribution >= 0.6 is 0 Å². The molecule has 0 N–H and O–H groups in total. The lowest BCUT2D eigenvalue weighted by Gasteiger charge is -2.18. The van der Waals surface area contributed by atoms with Crippen LogP contribution in [0, 0.1) is 5.41 Å². The summed E-state index contributed by atoms with van der Waals surface area (Å²) < 4.78 is 5.04. The first-order valence-corrected chi connectivity index (χ1v) is 4.39. The van der Waals surface area contributed by atoms with Gasteiger partial charge in [-0.05, 0) is 36.8 Å².